The summed E-state index contributed by atoms with van der Waals surface area (Å²) in [6.45, 7) is 6.05. The van der Waals surface area contributed by atoms with Gasteiger partial charge in [0.25, 0.3) is 0 Å². The Morgan fingerprint density at radius 3 is 2.21 bits per heavy atom. The minimum atomic E-state index is -1.22. The van der Waals surface area contributed by atoms with Gasteiger partial charge in [-0.25, -0.2) is 9.78 Å². The third kappa shape index (κ3) is 6.84. The first-order valence-corrected chi connectivity index (χ1v) is 12.9. The van der Waals surface area contributed by atoms with Gasteiger partial charge >= 0.3 is 5.97 Å². The maximum Gasteiger partial charge on any atom is 0.335 e. The largest absolute Gasteiger partial charge is 0.479 e. The van der Waals surface area contributed by atoms with Gasteiger partial charge in [-0.05, 0) is 51.2 Å². The third-order valence-electron chi connectivity index (χ3n) is 6.62. The van der Waals surface area contributed by atoms with Gasteiger partial charge in [0.05, 0.1) is 12.3 Å². The fourth-order valence-electron chi connectivity index (χ4n) is 4.09. The molecule has 1 heterocycles. The maximum atomic E-state index is 13.3. The van der Waals surface area contributed by atoms with Crippen LogP contribution in [0.15, 0.2) is 85.1 Å². The summed E-state index contributed by atoms with van der Waals surface area (Å²) < 4.78 is 7.51. The number of aliphatic carboxylic acids is 1. The van der Waals surface area contributed by atoms with E-state index in [0.717, 1.165) is 41.6 Å². The highest BCUT2D eigenvalue weighted by Crippen LogP contribution is 2.21. The highest BCUT2D eigenvalue weighted by Gasteiger charge is 2.27. The lowest BCUT2D eigenvalue weighted by atomic mass is 10.1. The number of carbonyl (C=O) groups excluding carboxylic acids is 1. The molecule has 4 rings (SSSR count). The molecule has 0 aliphatic heterocycles. The fraction of sp³-hybridized carbons (Fsp3) is 0.281. The molecular formula is C32H34N2O4. The zero-order valence-corrected chi connectivity index (χ0v) is 22.2. The van der Waals surface area contributed by atoms with E-state index in [2.05, 4.69) is 12.1 Å². The van der Waals surface area contributed by atoms with Crippen molar-refractivity contribution in [3.05, 3.63) is 113 Å². The van der Waals surface area contributed by atoms with Crippen LogP contribution in [0.4, 0.5) is 0 Å². The van der Waals surface area contributed by atoms with Crippen molar-refractivity contribution in [2.45, 2.75) is 58.8 Å². The fourth-order valence-corrected chi connectivity index (χ4v) is 4.09. The van der Waals surface area contributed by atoms with E-state index >= 15 is 0 Å². The van der Waals surface area contributed by atoms with E-state index in [4.69, 9.17) is 9.72 Å². The summed E-state index contributed by atoms with van der Waals surface area (Å²) in [4.78, 5) is 29.3. The van der Waals surface area contributed by atoms with Crippen LogP contribution in [-0.4, -0.2) is 32.0 Å². The molecular weight excluding hydrogens is 476 g/mol. The number of aryl methyl sites for hydroxylation is 3. The van der Waals surface area contributed by atoms with Crippen molar-refractivity contribution in [1.29, 1.82) is 0 Å². The lowest BCUT2D eigenvalue weighted by Gasteiger charge is -2.20. The molecule has 6 nitrogen and oxygen atoms in total. The minimum absolute atomic E-state index is 0.0731. The van der Waals surface area contributed by atoms with Gasteiger partial charge in [-0.1, -0.05) is 84.4 Å². The molecule has 3 aromatic carbocycles. The molecule has 0 atom stereocenters. The number of hydrogen-bond donors (Lipinski definition) is 1. The van der Waals surface area contributed by atoms with Gasteiger partial charge in [0.15, 0.2) is 11.4 Å². The molecule has 4 aromatic rings. The predicted octanol–water partition coefficient (Wildman–Crippen LogP) is 6.49. The van der Waals surface area contributed by atoms with Crippen LogP contribution in [0, 0.1) is 6.92 Å². The zero-order valence-electron chi connectivity index (χ0n) is 22.2. The lowest BCUT2D eigenvalue weighted by molar-refractivity contribution is -0.162. The summed E-state index contributed by atoms with van der Waals surface area (Å²) in [5, 5.41) is 9.19. The van der Waals surface area contributed by atoms with Crippen molar-refractivity contribution in [3.8, 4) is 11.3 Å². The summed E-state index contributed by atoms with van der Waals surface area (Å²) in [5.41, 5.74) is 4.46. The molecule has 1 aromatic heterocycles. The van der Waals surface area contributed by atoms with E-state index in [-0.39, 0.29) is 12.4 Å². The second kappa shape index (κ2) is 12.0. The van der Waals surface area contributed by atoms with Crippen molar-refractivity contribution in [2.24, 2.45) is 0 Å². The van der Waals surface area contributed by atoms with Gasteiger partial charge in [-0.2, -0.15) is 0 Å². The van der Waals surface area contributed by atoms with E-state index in [0.29, 0.717) is 17.9 Å². The average molecular weight is 511 g/mol. The Bertz CT molecular complexity index is 1370. The van der Waals surface area contributed by atoms with Crippen LogP contribution in [0.2, 0.25) is 0 Å². The van der Waals surface area contributed by atoms with E-state index in [1.807, 2.05) is 84.4 Å². The predicted molar refractivity (Wildman–Crippen MR) is 148 cm³/mol. The zero-order chi connectivity index (χ0) is 27.1. The highest BCUT2D eigenvalue weighted by atomic mass is 16.5. The molecule has 0 amide bonds. The van der Waals surface area contributed by atoms with E-state index in [9.17, 15) is 14.7 Å². The number of carbonyl (C=O) groups is 2. The van der Waals surface area contributed by atoms with Crippen LogP contribution in [0.25, 0.3) is 11.3 Å². The molecule has 38 heavy (non-hydrogen) atoms. The van der Waals surface area contributed by atoms with Crippen LogP contribution in [0.1, 0.15) is 59.6 Å². The van der Waals surface area contributed by atoms with Crippen LogP contribution in [-0.2, 0) is 29.1 Å². The first-order chi connectivity index (χ1) is 18.2. The number of ketones is 1. The molecule has 0 spiro atoms. The van der Waals surface area contributed by atoms with Gasteiger partial charge in [-0.3, -0.25) is 4.79 Å². The molecule has 196 valence electrons. The highest BCUT2D eigenvalue weighted by molar-refractivity contribution is 6.07. The Balaban J connectivity index is 1.39. The van der Waals surface area contributed by atoms with Crippen molar-refractivity contribution in [3.63, 3.8) is 0 Å². The van der Waals surface area contributed by atoms with Crippen LogP contribution in [0.3, 0.4) is 0 Å². The molecule has 0 bridgehead atoms. The van der Waals surface area contributed by atoms with Crippen LogP contribution >= 0.6 is 0 Å². The third-order valence-corrected chi connectivity index (χ3v) is 6.62. The summed E-state index contributed by atoms with van der Waals surface area (Å²) in [7, 11) is 0. The number of benzene rings is 3. The Labute approximate surface area is 223 Å². The normalized spacial score (nSPS) is 11.4. The number of carboxylic acids is 1. The van der Waals surface area contributed by atoms with Crippen LogP contribution < -0.4 is 0 Å². The summed E-state index contributed by atoms with van der Waals surface area (Å²) >= 11 is 0. The Hall–Kier alpha value is -4.03. The summed E-state index contributed by atoms with van der Waals surface area (Å²) in [6.07, 6.45) is 4.74. The average Bonchev–Trinajstić information content (AvgIpc) is 3.35. The topological polar surface area (TPSA) is 81.4 Å². The molecule has 0 radical (unpaired) electrons. The molecule has 0 saturated heterocycles. The molecule has 6 heteroatoms. The molecule has 0 aliphatic carbocycles. The van der Waals surface area contributed by atoms with Crippen molar-refractivity contribution in [1.82, 2.24) is 9.55 Å². The molecule has 0 fully saturated rings. The number of carboxylic acid groups (broad SMARTS) is 1. The standard InChI is InChI=1S/C32H34N2O4/c1-23-12-18-27(19-13-23)29(35)30-33-28(26-10-5-4-6-11-26)21-34(30)20-8-7-9-24-14-16-25(17-15-24)22-38-32(2,3)31(36)37/h4-6,10-19,21H,7-9,20,22H2,1-3H3,(H,36,37). The summed E-state index contributed by atoms with van der Waals surface area (Å²) in [5.74, 6) is -0.593. The Morgan fingerprint density at radius 1 is 0.895 bits per heavy atom. The van der Waals surface area contributed by atoms with E-state index < -0.39 is 11.6 Å². The SMILES string of the molecule is Cc1ccc(C(=O)c2nc(-c3ccccc3)cn2CCCCc2ccc(COC(C)(C)C(=O)O)cc2)cc1. The molecule has 1 N–H and O–H groups in total. The second-order valence-corrected chi connectivity index (χ2v) is 10.1. The molecule has 0 saturated carbocycles. The summed E-state index contributed by atoms with van der Waals surface area (Å²) in [6, 6.07) is 25.6. The van der Waals surface area contributed by atoms with Crippen LogP contribution in [0.5, 0.6) is 0 Å². The van der Waals surface area contributed by atoms with Crippen molar-refractivity contribution in [2.75, 3.05) is 0 Å². The van der Waals surface area contributed by atoms with Gasteiger partial charge in [0.1, 0.15) is 0 Å². The monoisotopic (exact) mass is 510 g/mol. The van der Waals surface area contributed by atoms with Gasteiger partial charge in [0.2, 0.25) is 5.78 Å². The van der Waals surface area contributed by atoms with Crippen molar-refractivity contribution >= 4 is 11.8 Å². The number of hydrogen-bond acceptors (Lipinski definition) is 4. The first-order valence-electron chi connectivity index (χ1n) is 12.9. The molecule has 0 unspecified atom stereocenters. The Kier molecular flexibility index (Phi) is 8.54. The number of ether oxygens (including phenoxy) is 1. The lowest BCUT2D eigenvalue weighted by Crippen LogP contribution is -2.34. The first kappa shape index (κ1) is 27.0. The number of unbranched alkanes of at least 4 members (excludes halogenated alkanes) is 1. The minimum Gasteiger partial charge on any atom is -0.479 e. The van der Waals surface area contributed by atoms with E-state index in [1.54, 1.807) is 13.8 Å². The number of nitrogens with zero attached hydrogens (tertiary/aromatic N) is 2. The van der Waals surface area contributed by atoms with Gasteiger partial charge in [-0.15, -0.1) is 0 Å². The number of aromatic nitrogens is 2. The number of rotatable bonds is 12. The molecule has 0 aliphatic rings. The quantitative estimate of drug-likeness (QED) is 0.174. The maximum absolute atomic E-state index is 13.3. The Morgan fingerprint density at radius 2 is 1.55 bits per heavy atom. The van der Waals surface area contributed by atoms with E-state index in [1.165, 1.54) is 5.56 Å². The van der Waals surface area contributed by atoms with Crippen molar-refractivity contribution < 1.29 is 19.4 Å². The van der Waals surface area contributed by atoms with Gasteiger partial charge in [0, 0.05) is 23.9 Å². The van der Waals surface area contributed by atoms with Gasteiger partial charge < -0.3 is 14.4 Å². The second-order valence-electron chi connectivity index (χ2n) is 10.1. The smallest absolute Gasteiger partial charge is 0.335 e. The number of imidazole rings is 1.